The molecule has 5 nitrogen and oxygen atoms in total. The average Bonchev–Trinajstić information content (AvgIpc) is 3.38. The van der Waals surface area contributed by atoms with Crippen LogP contribution in [0.5, 0.6) is 0 Å². The van der Waals surface area contributed by atoms with Gasteiger partial charge in [-0.05, 0) is 30.7 Å². The summed E-state index contributed by atoms with van der Waals surface area (Å²) in [4.78, 5) is 12.5. The van der Waals surface area contributed by atoms with Gasteiger partial charge < -0.3 is 11.1 Å². The maximum atomic E-state index is 12.5. The maximum absolute atomic E-state index is 12.5. The Morgan fingerprint density at radius 2 is 2.08 bits per heavy atom. The maximum Gasteiger partial charge on any atom is 0.254 e. The van der Waals surface area contributed by atoms with Crippen LogP contribution in [-0.2, 0) is 13.0 Å². The fraction of sp³-hybridized carbons (Fsp3) is 0.474. The second kappa shape index (κ2) is 9.02. The van der Waals surface area contributed by atoms with Crippen LogP contribution in [0.2, 0.25) is 0 Å². The fourth-order valence-corrected chi connectivity index (χ4v) is 2.99. The molecule has 1 atom stereocenters. The summed E-state index contributed by atoms with van der Waals surface area (Å²) in [5, 5.41) is 7.43. The molecule has 0 bridgehead atoms. The van der Waals surface area contributed by atoms with Crippen LogP contribution in [0.1, 0.15) is 47.8 Å². The molecule has 25 heavy (non-hydrogen) atoms. The van der Waals surface area contributed by atoms with Gasteiger partial charge in [-0.15, -0.1) is 12.4 Å². The Labute approximate surface area is 155 Å². The van der Waals surface area contributed by atoms with Crippen LogP contribution in [0.4, 0.5) is 0 Å². The molecule has 1 aliphatic rings. The lowest BCUT2D eigenvalue weighted by Gasteiger charge is -2.12. The van der Waals surface area contributed by atoms with Crippen LogP contribution in [0, 0.1) is 5.92 Å². The van der Waals surface area contributed by atoms with Gasteiger partial charge in [0, 0.05) is 12.6 Å². The van der Waals surface area contributed by atoms with E-state index in [0.717, 1.165) is 18.5 Å². The van der Waals surface area contributed by atoms with Crippen LogP contribution in [-0.4, -0.2) is 28.3 Å². The molecular weight excluding hydrogens is 336 g/mol. The molecule has 1 aromatic heterocycles. The first-order valence-electron chi connectivity index (χ1n) is 8.81. The monoisotopic (exact) mass is 362 g/mol. The molecule has 1 heterocycles. The lowest BCUT2D eigenvalue weighted by Crippen LogP contribution is -2.38. The summed E-state index contributed by atoms with van der Waals surface area (Å²) >= 11 is 0. The summed E-state index contributed by atoms with van der Waals surface area (Å²) in [6.45, 7) is 3.34. The van der Waals surface area contributed by atoms with E-state index in [1.807, 2.05) is 22.9 Å². The van der Waals surface area contributed by atoms with Gasteiger partial charge in [0.15, 0.2) is 0 Å². The van der Waals surface area contributed by atoms with E-state index in [1.165, 1.54) is 18.4 Å². The van der Waals surface area contributed by atoms with Gasteiger partial charge in [-0.25, -0.2) is 0 Å². The minimum Gasteiger partial charge on any atom is -0.350 e. The third-order valence-corrected chi connectivity index (χ3v) is 4.58. The number of carbonyl (C=O) groups is 1. The summed E-state index contributed by atoms with van der Waals surface area (Å²) in [7, 11) is 0. The molecule has 2 aromatic rings. The Morgan fingerprint density at radius 3 is 2.72 bits per heavy atom. The molecule has 1 aliphatic carbocycles. The number of hydrogen-bond donors (Lipinski definition) is 2. The van der Waals surface area contributed by atoms with Crippen molar-refractivity contribution >= 4 is 18.3 Å². The minimum atomic E-state index is -0.0612. The fourth-order valence-electron chi connectivity index (χ4n) is 2.99. The lowest BCUT2D eigenvalue weighted by molar-refractivity contribution is 0.0949. The lowest BCUT2D eigenvalue weighted by atomic mass is 10.1. The Hall–Kier alpha value is -1.85. The second-order valence-electron chi connectivity index (χ2n) is 6.61. The molecule has 3 N–H and O–H groups in total. The van der Waals surface area contributed by atoms with Crippen molar-refractivity contribution in [3.8, 4) is 0 Å². The number of hydrogen-bond acceptors (Lipinski definition) is 3. The highest BCUT2D eigenvalue weighted by Crippen LogP contribution is 2.31. The van der Waals surface area contributed by atoms with Crippen molar-refractivity contribution in [1.29, 1.82) is 0 Å². The molecule has 0 radical (unpaired) electrons. The third kappa shape index (κ3) is 5.06. The normalized spacial score (nSPS) is 14.6. The summed E-state index contributed by atoms with van der Waals surface area (Å²) in [5.74, 6) is 0.523. The number of nitrogens with zero attached hydrogens (tertiary/aromatic N) is 2. The molecule has 1 amide bonds. The van der Waals surface area contributed by atoms with Crippen molar-refractivity contribution < 1.29 is 4.79 Å². The molecule has 0 spiro atoms. The first-order chi connectivity index (χ1) is 11.7. The smallest absolute Gasteiger partial charge is 0.254 e. The number of halogens is 1. The molecule has 1 saturated carbocycles. The summed E-state index contributed by atoms with van der Waals surface area (Å²) < 4.78 is 1.94. The van der Waals surface area contributed by atoms with Crippen molar-refractivity contribution in [2.24, 2.45) is 11.7 Å². The Bertz CT molecular complexity index is 682. The standard InChI is InChI=1S/C19H26N4O.ClH/c1-2-6-18-16(19(24)21-12-17(20)15-9-10-15)11-22-23(18)13-14-7-4-3-5-8-14;/h3-5,7-8,11,15,17H,2,6,9-10,12-13,20H2,1H3,(H,21,24);1H. The van der Waals surface area contributed by atoms with Crippen molar-refractivity contribution in [3.63, 3.8) is 0 Å². The Morgan fingerprint density at radius 1 is 1.36 bits per heavy atom. The SMILES string of the molecule is CCCc1c(C(=O)NCC(N)C2CC2)cnn1Cc1ccccc1.Cl. The number of nitrogens with one attached hydrogen (secondary N) is 1. The molecular formula is C19H27ClN4O. The number of amides is 1. The highest BCUT2D eigenvalue weighted by molar-refractivity contribution is 5.95. The van der Waals surface area contributed by atoms with Gasteiger partial charge in [0.25, 0.3) is 5.91 Å². The van der Waals surface area contributed by atoms with E-state index in [4.69, 9.17) is 5.73 Å². The van der Waals surface area contributed by atoms with Crippen LogP contribution in [0.25, 0.3) is 0 Å². The average molecular weight is 363 g/mol. The van der Waals surface area contributed by atoms with E-state index in [0.29, 0.717) is 24.6 Å². The third-order valence-electron chi connectivity index (χ3n) is 4.58. The van der Waals surface area contributed by atoms with Gasteiger partial charge in [0.1, 0.15) is 0 Å². The number of benzene rings is 1. The van der Waals surface area contributed by atoms with Crippen molar-refractivity contribution in [2.75, 3.05) is 6.54 Å². The van der Waals surface area contributed by atoms with E-state index in [1.54, 1.807) is 6.20 Å². The topological polar surface area (TPSA) is 72.9 Å². The molecule has 3 rings (SSSR count). The van der Waals surface area contributed by atoms with Crippen LogP contribution >= 0.6 is 12.4 Å². The zero-order chi connectivity index (χ0) is 16.9. The molecule has 0 saturated heterocycles. The van der Waals surface area contributed by atoms with E-state index in [2.05, 4.69) is 29.5 Å². The summed E-state index contributed by atoms with van der Waals surface area (Å²) in [6.07, 6.45) is 5.87. The van der Waals surface area contributed by atoms with Gasteiger partial charge in [-0.1, -0.05) is 43.7 Å². The van der Waals surface area contributed by atoms with Crippen LogP contribution in [0.15, 0.2) is 36.5 Å². The highest BCUT2D eigenvalue weighted by atomic mass is 35.5. The van der Waals surface area contributed by atoms with Gasteiger partial charge >= 0.3 is 0 Å². The van der Waals surface area contributed by atoms with Crippen molar-refractivity contribution in [2.45, 2.75) is 45.2 Å². The van der Waals surface area contributed by atoms with Gasteiger partial charge in [0.2, 0.25) is 0 Å². The van der Waals surface area contributed by atoms with Crippen molar-refractivity contribution in [3.05, 3.63) is 53.3 Å². The summed E-state index contributed by atoms with van der Waals surface area (Å²) in [6, 6.07) is 10.3. The molecule has 1 unspecified atom stereocenters. The van der Waals surface area contributed by atoms with E-state index < -0.39 is 0 Å². The number of aromatic nitrogens is 2. The van der Waals surface area contributed by atoms with Crippen LogP contribution in [0.3, 0.4) is 0 Å². The Balaban J connectivity index is 0.00000225. The zero-order valence-corrected chi connectivity index (χ0v) is 15.5. The molecule has 136 valence electrons. The molecule has 1 fully saturated rings. The number of carbonyl (C=O) groups excluding carboxylic acids is 1. The van der Waals surface area contributed by atoms with E-state index in [9.17, 15) is 4.79 Å². The highest BCUT2D eigenvalue weighted by Gasteiger charge is 2.28. The first kappa shape index (κ1) is 19.5. The molecule has 0 aliphatic heterocycles. The van der Waals surface area contributed by atoms with Crippen LogP contribution < -0.4 is 11.1 Å². The van der Waals surface area contributed by atoms with E-state index in [-0.39, 0.29) is 24.4 Å². The number of rotatable bonds is 8. The quantitative estimate of drug-likeness (QED) is 0.758. The van der Waals surface area contributed by atoms with Crippen molar-refractivity contribution in [1.82, 2.24) is 15.1 Å². The largest absolute Gasteiger partial charge is 0.350 e. The minimum absolute atomic E-state index is 0. The number of nitrogens with two attached hydrogens (primary N) is 1. The zero-order valence-electron chi connectivity index (χ0n) is 14.6. The second-order valence-corrected chi connectivity index (χ2v) is 6.61. The summed E-state index contributed by atoms with van der Waals surface area (Å²) in [5.41, 5.74) is 8.93. The van der Waals surface area contributed by atoms with Gasteiger partial charge in [-0.2, -0.15) is 5.10 Å². The van der Waals surface area contributed by atoms with Gasteiger partial charge in [-0.3, -0.25) is 9.48 Å². The van der Waals surface area contributed by atoms with E-state index >= 15 is 0 Å². The predicted octanol–water partition coefficient (Wildman–Crippen LogP) is 2.77. The Kier molecular flexibility index (Phi) is 7.02. The molecule has 6 heteroatoms. The first-order valence-corrected chi connectivity index (χ1v) is 8.81. The van der Waals surface area contributed by atoms with Gasteiger partial charge in [0.05, 0.1) is 24.0 Å². The predicted molar refractivity (Wildman–Crippen MR) is 102 cm³/mol. The molecule has 1 aromatic carbocycles.